The molecule has 1 aromatic carbocycles. The summed E-state index contributed by atoms with van der Waals surface area (Å²) in [5.74, 6) is 1.11. The quantitative estimate of drug-likeness (QED) is 0.774. The lowest BCUT2D eigenvalue weighted by Gasteiger charge is -2.29. The Hall–Kier alpha value is -2.60. The van der Waals surface area contributed by atoms with Crippen LogP contribution in [-0.4, -0.2) is 46.1 Å². The Kier molecular flexibility index (Phi) is 3.82. The lowest BCUT2D eigenvalue weighted by atomic mass is 10.1. The number of aromatic amines is 1. The van der Waals surface area contributed by atoms with Crippen LogP contribution >= 0.6 is 0 Å². The molecule has 3 aromatic rings. The zero-order valence-corrected chi connectivity index (χ0v) is 13.7. The molecule has 1 aliphatic rings. The van der Waals surface area contributed by atoms with Crippen LogP contribution in [0.3, 0.4) is 0 Å². The van der Waals surface area contributed by atoms with Gasteiger partial charge in [-0.3, -0.25) is 0 Å². The maximum Gasteiger partial charge on any atom is 0.222 e. The number of ether oxygens (including phenoxy) is 1. The van der Waals surface area contributed by atoms with Crippen LogP contribution in [0.5, 0.6) is 5.75 Å². The van der Waals surface area contributed by atoms with Crippen molar-refractivity contribution in [2.75, 3.05) is 25.9 Å². The largest absolute Gasteiger partial charge is 0.490 e. The molecule has 6 nitrogen and oxygen atoms in total. The highest BCUT2D eigenvalue weighted by atomic mass is 16.5. The number of H-pyrrole nitrogens is 1. The number of likely N-dealkylation sites (tertiary alicyclic amines) is 1. The van der Waals surface area contributed by atoms with Crippen molar-refractivity contribution in [1.29, 1.82) is 0 Å². The molecule has 3 heterocycles. The van der Waals surface area contributed by atoms with Crippen molar-refractivity contribution in [3.63, 3.8) is 0 Å². The second kappa shape index (κ2) is 6.13. The highest BCUT2D eigenvalue weighted by Gasteiger charge is 2.20. The number of hydrogen-bond acceptors (Lipinski definition) is 5. The minimum Gasteiger partial charge on any atom is -0.490 e. The molecule has 2 aromatic heterocycles. The van der Waals surface area contributed by atoms with Gasteiger partial charge < -0.3 is 20.4 Å². The summed E-state index contributed by atoms with van der Waals surface area (Å²) >= 11 is 0. The number of rotatable bonds is 3. The molecule has 0 atom stereocenters. The molecule has 0 unspecified atom stereocenters. The van der Waals surface area contributed by atoms with Crippen LogP contribution < -0.4 is 10.5 Å². The average molecular weight is 323 g/mol. The van der Waals surface area contributed by atoms with Gasteiger partial charge in [0.05, 0.1) is 5.69 Å². The van der Waals surface area contributed by atoms with Crippen LogP contribution in [0.25, 0.3) is 22.3 Å². The van der Waals surface area contributed by atoms with Crippen LogP contribution in [0.4, 0.5) is 5.95 Å². The first-order chi connectivity index (χ1) is 11.7. The highest BCUT2D eigenvalue weighted by molar-refractivity contribution is 5.93. The molecule has 0 bridgehead atoms. The highest BCUT2D eigenvalue weighted by Crippen LogP contribution is 2.34. The normalized spacial score (nSPS) is 16.5. The molecule has 0 spiro atoms. The lowest BCUT2D eigenvalue weighted by Crippen LogP contribution is -2.35. The van der Waals surface area contributed by atoms with Gasteiger partial charge in [0.15, 0.2) is 0 Å². The van der Waals surface area contributed by atoms with E-state index >= 15 is 0 Å². The van der Waals surface area contributed by atoms with Gasteiger partial charge >= 0.3 is 0 Å². The number of nitrogens with zero attached hydrogens (tertiary/aromatic N) is 3. The van der Waals surface area contributed by atoms with E-state index in [1.807, 2.05) is 36.5 Å². The number of nitrogen functional groups attached to an aromatic ring is 1. The average Bonchev–Trinajstić information content (AvgIpc) is 3.05. The third kappa shape index (κ3) is 2.80. The van der Waals surface area contributed by atoms with Crippen molar-refractivity contribution in [3.05, 3.63) is 36.5 Å². The van der Waals surface area contributed by atoms with Crippen molar-refractivity contribution < 1.29 is 4.74 Å². The van der Waals surface area contributed by atoms with Gasteiger partial charge in [0, 0.05) is 30.2 Å². The molecule has 4 rings (SSSR count). The van der Waals surface area contributed by atoms with Crippen molar-refractivity contribution in [3.8, 4) is 17.0 Å². The fourth-order valence-corrected chi connectivity index (χ4v) is 3.21. The monoisotopic (exact) mass is 323 g/mol. The number of aromatic nitrogens is 3. The van der Waals surface area contributed by atoms with Gasteiger partial charge in [-0.2, -0.15) is 4.98 Å². The Bertz CT molecular complexity index is 851. The predicted octanol–water partition coefficient (Wildman–Crippen LogP) is 2.68. The van der Waals surface area contributed by atoms with Crippen molar-refractivity contribution in [2.45, 2.75) is 18.9 Å². The summed E-state index contributed by atoms with van der Waals surface area (Å²) in [5, 5.41) is 0.948. The molecule has 0 amide bonds. The number of hydrogen-bond donors (Lipinski definition) is 2. The third-order valence-electron chi connectivity index (χ3n) is 4.53. The number of piperidine rings is 1. The smallest absolute Gasteiger partial charge is 0.222 e. The Morgan fingerprint density at radius 3 is 2.79 bits per heavy atom. The molecule has 1 saturated heterocycles. The van der Waals surface area contributed by atoms with E-state index in [0.717, 1.165) is 54.0 Å². The van der Waals surface area contributed by atoms with E-state index in [1.54, 1.807) is 0 Å². The maximum atomic E-state index is 6.32. The van der Waals surface area contributed by atoms with Gasteiger partial charge in [-0.05, 0) is 38.1 Å². The summed E-state index contributed by atoms with van der Waals surface area (Å²) in [6.07, 6.45) is 4.17. The third-order valence-corrected chi connectivity index (χ3v) is 4.53. The molecular weight excluding hydrogens is 302 g/mol. The summed E-state index contributed by atoms with van der Waals surface area (Å²) in [5.41, 5.74) is 8.39. The van der Waals surface area contributed by atoms with Crippen molar-refractivity contribution >= 4 is 17.0 Å². The number of nitrogens with one attached hydrogen (secondary N) is 1. The fraction of sp³-hybridized carbons (Fsp3) is 0.333. The Morgan fingerprint density at radius 1 is 1.17 bits per heavy atom. The molecular formula is C18H21N5O. The fourth-order valence-electron chi connectivity index (χ4n) is 3.21. The maximum absolute atomic E-state index is 6.32. The van der Waals surface area contributed by atoms with Crippen LogP contribution in [-0.2, 0) is 0 Å². The van der Waals surface area contributed by atoms with Crippen molar-refractivity contribution in [1.82, 2.24) is 19.9 Å². The van der Waals surface area contributed by atoms with E-state index in [4.69, 9.17) is 10.5 Å². The van der Waals surface area contributed by atoms with E-state index in [-0.39, 0.29) is 12.1 Å². The second-order valence-corrected chi connectivity index (χ2v) is 6.29. The number of benzene rings is 1. The minimum atomic E-state index is 0.239. The molecule has 124 valence electrons. The number of anilines is 1. The van der Waals surface area contributed by atoms with E-state index in [9.17, 15) is 0 Å². The van der Waals surface area contributed by atoms with E-state index in [2.05, 4.69) is 26.9 Å². The van der Waals surface area contributed by atoms with Crippen molar-refractivity contribution in [2.24, 2.45) is 0 Å². The summed E-state index contributed by atoms with van der Waals surface area (Å²) in [6, 6.07) is 9.99. The first kappa shape index (κ1) is 15.0. The summed E-state index contributed by atoms with van der Waals surface area (Å²) < 4.78 is 6.32. The summed E-state index contributed by atoms with van der Waals surface area (Å²) in [6.45, 7) is 2.13. The second-order valence-electron chi connectivity index (χ2n) is 6.29. The van der Waals surface area contributed by atoms with E-state index in [0.29, 0.717) is 0 Å². The zero-order valence-electron chi connectivity index (χ0n) is 13.7. The predicted molar refractivity (Wildman–Crippen MR) is 94.9 cm³/mol. The molecule has 24 heavy (non-hydrogen) atoms. The number of nitrogens with two attached hydrogens (primary N) is 1. The number of para-hydroxylation sites is 1. The van der Waals surface area contributed by atoms with Crippen LogP contribution in [0, 0.1) is 0 Å². The standard InChI is InChI=1S/C18H21N5O/c1-23-10-7-12(8-11-23)24-15-5-3-2-4-13(15)16-14-6-9-20-17(14)22-18(19)21-16/h2-6,9,12H,7-8,10-11H2,1H3,(H3,19,20,21,22). The van der Waals surface area contributed by atoms with Gasteiger partial charge in [0.1, 0.15) is 17.5 Å². The van der Waals surface area contributed by atoms with Gasteiger partial charge in [0.25, 0.3) is 0 Å². The van der Waals surface area contributed by atoms with Gasteiger partial charge in [0.2, 0.25) is 5.95 Å². The molecule has 0 radical (unpaired) electrons. The SMILES string of the molecule is CN1CCC(Oc2ccccc2-c2nc(N)nc3[nH]ccc23)CC1. The van der Waals surface area contributed by atoms with Gasteiger partial charge in [-0.25, -0.2) is 4.98 Å². The van der Waals surface area contributed by atoms with Gasteiger partial charge in [-0.15, -0.1) is 0 Å². The van der Waals surface area contributed by atoms with Crippen LogP contribution in [0.15, 0.2) is 36.5 Å². The molecule has 0 aliphatic carbocycles. The minimum absolute atomic E-state index is 0.239. The molecule has 6 heteroatoms. The van der Waals surface area contributed by atoms with E-state index < -0.39 is 0 Å². The zero-order chi connectivity index (χ0) is 16.5. The molecule has 0 saturated carbocycles. The Labute approximate surface area is 140 Å². The first-order valence-electron chi connectivity index (χ1n) is 8.26. The number of fused-ring (bicyclic) bond motifs is 1. The topological polar surface area (TPSA) is 80.1 Å². The molecule has 3 N–H and O–H groups in total. The summed E-state index contributed by atoms with van der Waals surface area (Å²) in [7, 11) is 2.15. The first-order valence-corrected chi connectivity index (χ1v) is 8.26. The Morgan fingerprint density at radius 2 is 1.96 bits per heavy atom. The molecule has 1 aliphatic heterocycles. The van der Waals surface area contributed by atoms with Gasteiger partial charge in [-0.1, -0.05) is 12.1 Å². The van der Waals surface area contributed by atoms with Crippen LogP contribution in [0.2, 0.25) is 0 Å². The lowest BCUT2D eigenvalue weighted by molar-refractivity contribution is 0.115. The van der Waals surface area contributed by atoms with Crippen LogP contribution in [0.1, 0.15) is 12.8 Å². The molecule has 1 fully saturated rings. The summed E-state index contributed by atoms with van der Waals surface area (Å²) in [4.78, 5) is 14.1. The Balaban J connectivity index is 1.72. The van der Waals surface area contributed by atoms with E-state index in [1.165, 1.54) is 0 Å².